The zero-order valence-electron chi connectivity index (χ0n) is 13.0. The summed E-state index contributed by atoms with van der Waals surface area (Å²) in [6.45, 7) is 3.23. The maximum Gasteiger partial charge on any atom is 0.251 e. The summed E-state index contributed by atoms with van der Waals surface area (Å²) in [5.74, 6) is 1.08. The molecule has 1 aliphatic heterocycles. The van der Waals surface area contributed by atoms with E-state index in [-0.39, 0.29) is 11.9 Å². The number of aryl methyl sites for hydroxylation is 2. The van der Waals surface area contributed by atoms with Gasteiger partial charge in [0, 0.05) is 37.9 Å². The molecule has 0 saturated heterocycles. The molecule has 1 unspecified atom stereocenters. The minimum Gasteiger partial charge on any atom is -0.380 e. The number of carbonyl (C=O) groups is 1. The first kappa shape index (κ1) is 14.8. The number of carbonyl (C=O) groups excluding carboxylic acids is 1. The summed E-state index contributed by atoms with van der Waals surface area (Å²) in [7, 11) is 1.64. The molecule has 3 rings (SSSR count). The second kappa shape index (κ2) is 6.32. The zero-order valence-corrected chi connectivity index (χ0v) is 13.0. The number of ether oxygens (including phenoxy) is 1. The van der Waals surface area contributed by atoms with E-state index in [1.54, 1.807) is 7.11 Å². The Labute approximate surface area is 130 Å². The summed E-state index contributed by atoms with van der Waals surface area (Å²) in [6.07, 6.45) is 3.87. The highest BCUT2D eigenvalue weighted by molar-refractivity contribution is 5.95. The molecule has 22 heavy (non-hydrogen) atoms. The average Bonchev–Trinajstić information content (AvgIpc) is 2.87. The third-order valence-electron chi connectivity index (χ3n) is 4.01. The number of fused-ring (bicyclic) bond motifs is 1. The minimum absolute atomic E-state index is 0.0297. The number of benzene rings is 1. The molecule has 1 aromatic carbocycles. The molecule has 0 fully saturated rings. The van der Waals surface area contributed by atoms with Gasteiger partial charge < -0.3 is 14.6 Å². The molecule has 2 aromatic rings. The summed E-state index contributed by atoms with van der Waals surface area (Å²) < 4.78 is 7.31. The molecule has 1 atom stereocenters. The lowest BCUT2D eigenvalue weighted by Gasteiger charge is -2.25. The first-order valence-corrected chi connectivity index (χ1v) is 7.57. The van der Waals surface area contributed by atoms with E-state index in [2.05, 4.69) is 14.9 Å². The van der Waals surface area contributed by atoms with Gasteiger partial charge in [0.1, 0.15) is 5.82 Å². The standard InChI is InChI=1S/C17H21N3O2/c1-12-9-20-10-14(7-8-16(20)18-12)19-17(21)15-6-4-3-5-13(15)11-22-2/h3-6,9,14H,7-8,10-11H2,1-2H3,(H,19,21). The zero-order chi connectivity index (χ0) is 15.5. The van der Waals surface area contributed by atoms with Crippen molar-refractivity contribution < 1.29 is 9.53 Å². The van der Waals surface area contributed by atoms with Crippen LogP contribution in [-0.4, -0.2) is 28.6 Å². The second-order valence-electron chi connectivity index (χ2n) is 5.75. The number of hydrogen-bond acceptors (Lipinski definition) is 3. The molecule has 1 N–H and O–H groups in total. The lowest BCUT2D eigenvalue weighted by atomic mass is 10.0. The van der Waals surface area contributed by atoms with Crippen LogP contribution in [0.1, 0.15) is 33.9 Å². The summed E-state index contributed by atoms with van der Waals surface area (Å²) in [5.41, 5.74) is 2.64. The van der Waals surface area contributed by atoms with Crippen molar-refractivity contribution in [3.8, 4) is 0 Å². The maximum atomic E-state index is 12.5. The van der Waals surface area contributed by atoms with Gasteiger partial charge in [-0.3, -0.25) is 4.79 Å². The molecule has 0 bridgehead atoms. The highest BCUT2D eigenvalue weighted by Gasteiger charge is 2.22. The quantitative estimate of drug-likeness (QED) is 0.940. The Morgan fingerprint density at radius 2 is 2.27 bits per heavy atom. The average molecular weight is 299 g/mol. The summed E-state index contributed by atoms with van der Waals surface area (Å²) >= 11 is 0. The third-order valence-corrected chi connectivity index (χ3v) is 4.01. The van der Waals surface area contributed by atoms with Crippen LogP contribution < -0.4 is 5.32 Å². The Hall–Kier alpha value is -2.14. The Bertz CT molecular complexity index is 678. The van der Waals surface area contributed by atoms with Crippen LogP contribution in [0.25, 0.3) is 0 Å². The largest absolute Gasteiger partial charge is 0.380 e. The van der Waals surface area contributed by atoms with Gasteiger partial charge in [-0.25, -0.2) is 4.98 Å². The van der Waals surface area contributed by atoms with Crippen LogP contribution in [0.4, 0.5) is 0 Å². The molecule has 2 heterocycles. The molecule has 1 amide bonds. The molecule has 0 aliphatic carbocycles. The molecule has 5 heteroatoms. The normalized spacial score (nSPS) is 17.1. The monoisotopic (exact) mass is 299 g/mol. The lowest BCUT2D eigenvalue weighted by molar-refractivity contribution is 0.0922. The van der Waals surface area contributed by atoms with Gasteiger partial charge in [-0.1, -0.05) is 18.2 Å². The van der Waals surface area contributed by atoms with Crippen molar-refractivity contribution in [1.29, 1.82) is 0 Å². The number of aromatic nitrogens is 2. The van der Waals surface area contributed by atoms with Gasteiger partial charge >= 0.3 is 0 Å². The number of nitrogens with one attached hydrogen (secondary N) is 1. The van der Waals surface area contributed by atoms with E-state index < -0.39 is 0 Å². The van der Waals surface area contributed by atoms with Crippen molar-refractivity contribution >= 4 is 5.91 Å². The van der Waals surface area contributed by atoms with E-state index >= 15 is 0 Å². The second-order valence-corrected chi connectivity index (χ2v) is 5.75. The highest BCUT2D eigenvalue weighted by Crippen LogP contribution is 2.16. The van der Waals surface area contributed by atoms with E-state index in [9.17, 15) is 4.79 Å². The maximum absolute atomic E-state index is 12.5. The molecule has 0 spiro atoms. The molecule has 0 radical (unpaired) electrons. The minimum atomic E-state index is -0.0297. The fourth-order valence-corrected chi connectivity index (χ4v) is 2.99. The van der Waals surface area contributed by atoms with Crippen molar-refractivity contribution in [3.05, 3.63) is 53.1 Å². The van der Waals surface area contributed by atoms with Crippen LogP contribution >= 0.6 is 0 Å². The SMILES string of the molecule is COCc1ccccc1C(=O)NC1CCc2nc(C)cn2C1. The van der Waals surface area contributed by atoms with Crippen LogP contribution in [0, 0.1) is 6.92 Å². The van der Waals surface area contributed by atoms with Crippen LogP contribution in [-0.2, 0) is 24.3 Å². The van der Waals surface area contributed by atoms with Gasteiger partial charge in [0.15, 0.2) is 0 Å². The van der Waals surface area contributed by atoms with Crippen LogP contribution in [0.15, 0.2) is 30.5 Å². The number of nitrogens with zero attached hydrogens (tertiary/aromatic N) is 2. The van der Waals surface area contributed by atoms with E-state index in [0.717, 1.165) is 36.5 Å². The van der Waals surface area contributed by atoms with Crippen molar-refractivity contribution in [2.75, 3.05) is 7.11 Å². The van der Waals surface area contributed by atoms with E-state index in [4.69, 9.17) is 4.74 Å². The fraction of sp³-hybridized carbons (Fsp3) is 0.412. The van der Waals surface area contributed by atoms with E-state index in [0.29, 0.717) is 12.2 Å². The summed E-state index contributed by atoms with van der Waals surface area (Å²) in [6, 6.07) is 7.72. The Kier molecular flexibility index (Phi) is 4.24. The third kappa shape index (κ3) is 3.04. The van der Waals surface area contributed by atoms with Gasteiger partial charge in [-0.2, -0.15) is 0 Å². The summed E-state index contributed by atoms with van der Waals surface area (Å²) in [4.78, 5) is 17.0. The summed E-state index contributed by atoms with van der Waals surface area (Å²) in [5, 5.41) is 3.14. The van der Waals surface area contributed by atoms with Crippen molar-refractivity contribution in [1.82, 2.24) is 14.9 Å². The van der Waals surface area contributed by atoms with Crippen LogP contribution in [0.3, 0.4) is 0 Å². The Balaban J connectivity index is 1.70. The van der Waals surface area contributed by atoms with E-state index in [1.165, 1.54) is 0 Å². The van der Waals surface area contributed by atoms with Gasteiger partial charge in [-0.15, -0.1) is 0 Å². The van der Waals surface area contributed by atoms with Crippen LogP contribution in [0.2, 0.25) is 0 Å². The van der Waals surface area contributed by atoms with Gasteiger partial charge in [0.25, 0.3) is 5.91 Å². The lowest BCUT2D eigenvalue weighted by Crippen LogP contribution is -2.41. The first-order chi connectivity index (χ1) is 10.7. The molecule has 116 valence electrons. The number of methoxy groups -OCH3 is 1. The highest BCUT2D eigenvalue weighted by atomic mass is 16.5. The molecule has 5 nitrogen and oxygen atoms in total. The molecule has 0 saturated carbocycles. The molecule has 1 aromatic heterocycles. The fourth-order valence-electron chi connectivity index (χ4n) is 2.99. The molecule has 1 aliphatic rings. The van der Waals surface area contributed by atoms with Crippen molar-refractivity contribution in [3.63, 3.8) is 0 Å². The predicted molar refractivity (Wildman–Crippen MR) is 83.7 cm³/mol. The number of amides is 1. The topological polar surface area (TPSA) is 56.1 Å². The van der Waals surface area contributed by atoms with Crippen LogP contribution in [0.5, 0.6) is 0 Å². The van der Waals surface area contributed by atoms with Gasteiger partial charge in [0.2, 0.25) is 0 Å². The van der Waals surface area contributed by atoms with Crippen molar-refractivity contribution in [2.45, 2.75) is 39.0 Å². The number of rotatable bonds is 4. The molecular formula is C17H21N3O2. The van der Waals surface area contributed by atoms with Gasteiger partial charge in [-0.05, 0) is 25.0 Å². The Morgan fingerprint density at radius 1 is 1.45 bits per heavy atom. The first-order valence-electron chi connectivity index (χ1n) is 7.57. The van der Waals surface area contributed by atoms with Crippen molar-refractivity contribution in [2.24, 2.45) is 0 Å². The molecular weight excluding hydrogens is 278 g/mol. The predicted octanol–water partition coefficient (Wildman–Crippen LogP) is 2.08. The number of imidazole rings is 1. The van der Waals surface area contributed by atoms with E-state index in [1.807, 2.05) is 37.4 Å². The van der Waals surface area contributed by atoms with Gasteiger partial charge in [0.05, 0.1) is 12.3 Å². The Morgan fingerprint density at radius 3 is 3.09 bits per heavy atom. The smallest absolute Gasteiger partial charge is 0.251 e. The number of hydrogen-bond donors (Lipinski definition) is 1.